The van der Waals surface area contributed by atoms with Crippen LogP contribution in [0.1, 0.15) is 23.0 Å². The first-order valence-electron chi connectivity index (χ1n) is 8.83. The first kappa shape index (κ1) is 18.9. The minimum Gasteiger partial charge on any atom is -0.339 e. The number of nitrogens with one attached hydrogen (secondary N) is 4. The molecule has 0 fully saturated rings. The molecule has 28 heavy (non-hydrogen) atoms. The molecular weight excluding hydrogens is 354 g/mol. The molecule has 0 unspecified atom stereocenters. The number of aryl methyl sites for hydroxylation is 1. The van der Waals surface area contributed by atoms with Crippen molar-refractivity contribution in [1.29, 1.82) is 0 Å². The molecule has 0 aliphatic carbocycles. The predicted molar refractivity (Wildman–Crippen MR) is 111 cm³/mol. The van der Waals surface area contributed by atoms with Gasteiger partial charge in [-0.3, -0.25) is 14.7 Å². The molecule has 0 saturated heterocycles. The third-order valence-corrected chi connectivity index (χ3v) is 4.00. The fourth-order valence-corrected chi connectivity index (χ4v) is 2.53. The third-order valence-electron chi connectivity index (χ3n) is 4.00. The van der Waals surface area contributed by atoms with Crippen LogP contribution < -0.4 is 16.0 Å². The fraction of sp³-hybridized carbons (Fsp3) is 0.0952. The zero-order valence-corrected chi connectivity index (χ0v) is 15.5. The number of carbonyl (C=O) groups is 2. The molecule has 0 radical (unpaired) electrons. The number of carbonyl (C=O) groups excluding carboxylic acids is 2. The van der Waals surface area contributed by atoms with Gasteiger partial charge in [0.1, 0.15) is 0 Å². The van der Waals surface area contributed by atoms with Crippen LogP contribution in [0.5, 0.6) is 0 Å². The van der Waals surface area contributed by atoms with Gasteiger partial charge >= 0.3 is 0 Å². The van der Waals surface area contributed by atoms with Crippen molar-refractivity contribution >= 4 is 34.7 Å². The molecule has 7 nitrogen and oxygen atoms in total. The summed E-state index contributed by atoms with van der Waals surface area (Å²) < 4.78 is 0. The smallest absolute Gasteiger partial charge is 0.255 e. The molecule has 2 aromatic carbocycles. The third kappa shape index (κ3) is 4.85. The Morgan fingerprint density at radius 2 is 1.79 bits per heavy atom. The van der Waals surface area contributed by atoms with Gasteiger partial charge in [0.15, 0.2) is 5.82 Å². The van der Waals surface area contributed by atoms with E-state index in [1.807, 2.05) is 37.3 Å². The number of nitrogens with zero attached hydrogens (tertiary/aromatic N) is 1. The van der Waals surface area contributed by atoms with E-state index >= 15 is 0 Å². The topological polar surface area (TPSA) is 98.9 Å². The number of hydrogen-bond donors (Lipinski definition) is 4. The lowest BCUT2D eigenvalue weighted by Crippen LogP contribution is -2.12. The van der Waals surface area contributed by atoms with Gasteiger partial charge in [-0.25, -0.2) is 0 Å². The van der Waals surface area contributed by atoms with Crippen LogP contribution in [0.4, 0.5) is 22.9 Å². The van der Waals surface area contributed by atoms with E-state index in [1.165, 1.54) is 6.08 Å². The number of aromatic amines is 1. The lowest BCUT2D eigenvalue weighted by Gasteiger charge is -2.09. The van der Waals surface area contributed by atoms with E-state index in [0.29, 0.717) is 16.9 Å². The van der Waals surface area contributed by atoms with E-state index in [4.69, 9.17) is 0 Å². The maximum absolute atomic E-state index is 12.5. The standard InChI is InChI=1S/C21H21N5O2/c1-3-15-13-19(26-25-15)22-17-6-5-7-18(12-17)24-21(28)14-8-10-16(11-9-14)23-20(27)4-2/h4-13H,2-3H2,1H3,(H,23,27)(H,24,28)(H2,22,25,26). The van der Waals surface area contributed by atoms with Crippen molar-refractivity contribution < 1.29 is 9.59 Å². The van der Waals surface area contributed by atoms with E-state index in [0.717, 1.165) is 23.6 Å². The highest BCUT2D eigenvalue weighted by Gasteiger charge is 2.08. The Morgan fingerprint density at radius 1 is 1.04 bits per heavy atom. The Bertz CT molecular complexity index is 992. The van der Waals surface area contributed by atoms with Crippen LogP contribution in [0.25, 0.3) is 0 Å². The van der Waals surface area contributed by atoms with Crippen LogP contribution >= 0.6 is 0 Å². The summed E-state index contributed by atoms with van der Waals surface area (Å²) in [5.74, 6) is 0.175. The Kier molecular flexibility index (Phi) is 5.86. The summed E-state index contributed by atoms with van der Waals surface area (Å²) in [5.41, 5.74) is 3.59. The van der Waals surface area contributed by atoms with Gasteiger partial charge in [-0.15, -0.1) is 0 Å². The summed E-state index contributed by atoms with van der Waals surface area (Å²) in [6, 6.07) is 15.9. The van der Waals surface area contributed by atoms with Crippen LogP contribution in [0.15, 0.2) is 67.3 Å². The van der Waals surface area contributed by atoms with Crippen molar-refractivity contribution in [2.24, 2.45) is 0 Å². The monoisotopic (exact) mass is 375 g/mol. The summed E-state index contributed by atoms with van der Waals surface area (Å²) >= 11 is 0. The minimum atomic E-state index is -0.301. The molecule has 0 saturated carbocycles. The number of aromatic nitrogens is 2. The molecule has 2 amide bonds. The lowest BCUT2D eigenvalue weighted by molar-refractivity contribution is -0.111. The first-order chi connectivity index (χ1) is 13.6. The molecule has 0 bridgehead atoms. The van der Waals surface area contributed by atoms with E-state index in [1.54, 1.807) is 24.3 Å². The second kappa shape index (κ2) is 8.68. The predicted octanol–water partition coefficient (Wildman–Crippen LogP) is 4.09. The molecule has 0 atom stereocenters. The van der Waals surface area contributed by atoms with Gasteiger partial charge in [0.2, 0.25) is 5.91 Å². The van der Waals surface area contributed by atoms with Gasteiger partial charge in [-0.2, -0.15) is 5.10 Å². The number of rotatable bonds is 7. The van der Waals surface area contributed by atoms with E-state index in [9.17, 15) is 9.59 Å². The highest BCUT2D eigenvalue weighted by molar-refractivity contribution is 6.05. The largest absolute Gasteiger partial charge is 0.339 e. The average molecular weight is 375 g/mol. The van der Waals surface area contributed by atoms with E-state index < -0.39 is 0 Å². The highest BCUT2D eigenvalue weighted by Crippen LogP contribution is 2.20. The molecule has 1 aromatic heterocycles. The van der Waals surface area contributed by atoms with E-state index in [2.05, 4.69) is 32.7 Å². The summed E-state index contributed by atoms with van der Waals surface area (Å²) in [6.45, 7) is 5.45. The van der Waals surface area contributed by atoms with Crippen LogP contribution in [0.2, 0.25) is 0 Å². The van der Waals surface area contributed by atoms with Crippen molar-refractivity contribution in [1.82, 2.24) is 10.2 Å². The van der Waals surface area contributed by atoms with Crippen molar-refractivity contribution in [3.05, 3.63) is 78.5 Å². The van der Waals surface area contributed by atoms with Gasteiger partial charge in [-0.05, 0) is 55.0 Å². The molecule has 1 heterocycles. The zero-order chi connectivity index (χ0) is 19.9. The molecule has 4 N–H and O–H groups in total. The van der Waals surface area contributed by atoms with Gasteiger partial charge in [0.25, 0.3) is 5.91 Å². The molecule has 3 aromatic rings. The van der Waals surface area contributed by atoms with E-state index in [-0.39, 0.29) is 11.8 Å². The van der Waals surface area contributed by atoms with Gasteiger partial charge < -0.3 is 16.0 Å². The molecule has 0 aliphatic rings. The maximum atomic E-state index is 12.5. The number of H-pyrrole nitrogens is 1. The Balaban J connectivity index is 1.65. The molecular formula is C21H21N5O2. The van der Waals surface area contributed by atoms with Crippen molar-refractivity contribution in [3.8, 4) is 0 Å². The fourth-order valence-electron chi connectivity index (χ4n) is 2.53. The molecule has 0 spiro atoms. The first-order valence-corrected chi connectivity index (χ1v) is 8.83. The second-order valence-electron chi connectivity index (χ2n) is 6.06. The highest BCUT2D eigenvalue weighted by atomic mass is 16.2. The quantitative estimate of drug-likeness (QED) is 0.467. The van der Waals surface area contributed by atoms with Crippen LogP contribution in [0, 0.1) is 0 Å². The van der Waals surface area contributed by atoms with Gasteiger partial charge in [-0.1, -0.05) is 19.6 Å². The number of hydrogen-bond acceptors (Lipinski definition) is 4. The molecule has 0 aliphatic heterocycles. The SMILES string of the molecule is C=CC(=O)Nc1ccc(C(=O)Nc2cccc(Nc3cc(CC)[nH]n3)c2)cc1. The Morgan fingerprint density at radius 3 is 2.46 bits per heavy atom. The van der Waals surface area contributed by atoms with Gasteiger partial charge in [0.05, 0.1) is 0 Å². The lowest BCUT2D eigenvalue weighted by atomic mass is 10.2. The van der Waals surface area contributed by atoms with Crippen molar-refractivity contribution in [2.75, 3.05) is 16.0 Å². The Hall–Kier alpha value is -3.87. The van der Waals surface area contributed by atoms with Crippen LogP contribution in [0.3, 0.4) is 0 Å². The minimum absolute atomic E-state index is 0.244. The summed E-state index contributed by atoms with van der Waals surface area (Å²) in [5, 5.41) is 15.8. The summed E-state index contributed by atoms with van der Waals surface area (Å²) in [7, 11) is 0. The van der Waals surface area contributed by atoms with Crippen LogP contribution in [-0.2, 0) is 11.2 Å². The maximum Gasteiger partial charge on any atom is 0.255 e. The van der Waals surface area contributed by atoms with Crippen molar-refractivity contribution in [3.63, 3.8) is 0 Å². The number of benzene rings is 2. The molecule has 7 heteroatoms. The number of anilines is 4. The molecule has 3 rings (SSSR count). The second-order valence-corrected chi connectivity index (χ2v) is 6.06. The molecule has 142 valence electrons. The van der Waals surface area contributed by atoms with Gasteiger partial charge in [0, 0.05) is 34.4 Å². The normalized spacial score (nSPS) is 10.2. The summed E-state index contributed by atoms with van der Waals surface area (Å²) in [4.78, 5) is 23.8. The zero-order valence-electron chi connectivity index (χ0n) is 15.5. The Labute approximate surface area is 162 Å². The van der Waals surface area contributed by atoms with Crippen LogP contribution in [-0.4, -0.2) is 22.0 Å². The number of amides is 2. The summed E-state index contributed by atoms with van der Waals surface area (Å²) in [6.07, 6.45) is 2.06. The average Bonchev–Trinajstić information content (AvgIpc) is 3.16. The van der Waals surface area contributed by atoms with Crippen molar-refractivity contribution in [2.45, 2.75) is 13.3 Å².